The van der Waals surface area contributed by atoms with E-state index in [1.54, 1.807) is 25.1 Å². The third kappa shape index (κ3) is 6.04. The number of thiophene rings is 1. The molecular weight excluding hydrogens is 503 g/mol. The third-order valence-corrected chi connectivity index (χ3v) is 6.78. The Balaban J connectivity index is 0.00000320. The molecule has 4 heterocycles. The SMILES string of the molecule is Cc1cc(-c2cc(-c3ccc(N4CCOCC4)cc3)nc(OCc3ccc(C(=O)[O-])s3)c2C#N)on1.[Na+]. The van der Waals surface area contributed by atoms with Crippen molar-refractivity contribution < 1.29 is 53.5 Å². The van der Waals surface area contributed by atoms with Crippen molar-refractivity contribution in [3.63, 3.8) is 0 Å². The largest absolute Gasteiger partial charge is 1.00 e. The summed E-state index contributed by atoms with van der Waals surface area (Å²) < 4.78 is 16.8. The van der Waals surface area contributed by atoms with Crippen molar-refractivity contribution >= 4 is 23.0 Å². The number of benzene rings is 1. The molecule has 1 aliphatic heterocycles. The van der Waals surface area contributed by atoms with Gasteiger partial charge in [0.05, 0.1) is 35.4 Å². The first-order valence-electron chi connectivity index (χ1n) is 11.3. The van der Waals surface area contributed by atoms with E-state index in [0.29, 0.717) is 40.8 Å². The standard InChI is InChI=1S/C26H22N4O5S.Na/c1-16-12-23(35-29-16)20-13-22(17-2-4-18(5-3-17)30-8-10-33-11-9-30)28-25(21(20)14-27)34-15-19-6-7-24(36-19)26(31)32;/h2-7,12-13H,8-11,15H2,1H3,(H,31,32);/q;+1/p-1. The summed E-state index contributed by atoms with van der Waals surface area (Å²) in [7, 11) is 0. The second-order valence-corrected chi connectivity index (χ2v) is 9.34. The molecule has 182 valence electrons. The Bertz CT molecular complexity index is 1440. The van der Waals surface area contributed by atoms with Gasteiger partial charge in [0.1, 0.15) is 18.2 Å². The van der Waals surface area contributed by atoms with Crippen molar-refractivity contribution in [3.8, 4) is 34.5 Å². The van der Waals surface area contributed by atoms with Gasteiger partial charge in [-0.3, -0.25) is 0 Å². The Kier molecular flexibility index (Phi) is 8.63. The van der Waals surface area contributed by atoms with Crippen molar-refractivity contribution in [2.24, 2.45) is 0 Å². The summed E-state index contributed by atoms with van der Waals surface area (Å²) in [6.45, 7) is 4.93. The van der Waals surface area contributed by atoms with Crippen LogP contribution >= 0.6 is 11.3 Å². The molecule has 0 amide bonds. The molecule has 1 saturated heterocycles. The fraction of sp³-hybridized carbons (Fsp3) is 0.231. The van der Waals surface area contributed by atoms with Crippen LogP contribution in [0.15, 0.2) is 53.1 Å². The average Bonchev–Trinajstić information content (AvgIpc) is 3.57. The van der Waals surface area contributed by atoms with E-state index in [9.17, 15) is 15.2 Å². The van der Waals surface area contributed by atoms with Gasteiger partial charge in [0.25, 0.3) is 0 Å². The first-order chi connectivity index (χ1) is 17.5. The smallest absolute Gasteiger partial charge is 0.544 e. The molecule has 0 atom stereocenters. The number of hydrogen-bond donors (Lipinski definition) is 0. The fourth-order valence-corrected chi connectivity index (χ4v) is 4.69. The number of nitriles is 1. The molecule has 0 radical (unpaired) electrons. The van der Waals surface area contributed by atoms with Crippen LogP contribution in [0, 0.1) is 18.3 Å². The molecule has 37 heavy (non-hydrogen) atoms. The zero-order valence-electron chi connectivity index (χ0n) is 20.4. The van der Waals surface area contributed by atoms with Gasteiger partial charge in [-0.05, 0) is 37.3 Å². The van der Waals surface area contributed by atoms with E-state index in [2.05, 4.69) is 21.1 Å². The van der Waals surface area contributed by atoms with Gasteiger partial charge in [0.2, 0.25) is 5.88 Å². The van der Waals surface area contributed by atoms with Gasteiger partial charge in [-0.15, -0.1) is 11.3 Å². The van der Waals surface area contributed by atoms with E-state index < -0.39 is 5.97 Å². The van der Waals surface area contributed by atoms with E-state index >= 15 is 0 Å². The monoisotopic (exact) mass is 524 g/mol. The molecule has 1 aliphatic rings. The first-order valence-corrected chi connectivity index (χ1v) is 12.1. The minimum absolute atomic E-state index is 0. The Hall–Kier alpha value is -3.20. The maximum atomic E-state index is 11.1. The third-order valence-electron chi connectivity index (χ3n) is 5.74. The van der Waals surface area contributed by atoms with Crippen molar-refractivity contribution in [1.82, 2.24) is 10.1 Å². The minimum Gasteiger partial charge on any atom is -0.544 e. The molecule has 1 aromatic carbocycles. The maximum absolute atomic E-state index is 11.1. The number of nitrogens with zero attached hydrogens (tertiary/aromatic N) is 4. The quantitative estimate of drug-likeness (QED) is 0.317. The van der Waals surface area contributed by atoms with Crippen molar-refractivity contribution in [2.45, 2.75) is 13.5 Å². The number of pyridine rings is 1. The summed E-state index contributed by atoms with van der Waals surface area (Å²) in [6.07, 6.45) is 0. The van der Waals surface area contributed by atoms with Crippen LogP contribution in [0.25, 0.3) is 22.6 Å². The topological polar surface area (TPSA) is 125 Å². The van der Waals surface area contributed by atoms with Crippen molar-refractivity contribution in [3.05, 3.63) is 69.5 Å². The van der Waals surface area contributed by atoms with Crippen LogP contribution in [0.2, 0.25) is 0 Å². The molecule has 0 spiro atoms. The summed E-state index contributed by atoms with van der Waals surface area (Å²) in [4.78, 5) is 18.8. The molecule has 0 bridgehead atoms. The van der Waals surface area contributed by atoms with Crippen LogP contribution in [0.4, 0.5) is 5.69 Å². The number of anilines is 1. The van der Waals surface area contributed by atoms with Gasteiger partial charge in [-0.1, -0.05) is 17.3 Å². The Morgan fingerprint density at radius 3 is 2.57 bits per heavy atom. The zero-order chi connectivity index (χ0) is 25.1. The summed E-state index contributed by atoms with van der Waals surface area (Å²) >= 11 is 1.05. The number of rotatable bonds is 7. The van der Waals surface area contributed by atoms with Crippen LogP contribution in [0.5, 0.6) is 5.88 Å². The molecule has 11 heteroatoms. The van der Waals surface area contributed by atoms with Crippen LogP contribution in [-0.4, -0.2) is 42.4 Å². The minimum atomic E-state index is -1.24. The summed E-state index contributed by atoms with van der Waals surface area (Å²) in [5.41, 5.74) is 3.93. The number of carboxylic acid groups (broad SMARTS) is 1. The van der Waals surface area contributed by atoms with Crippen LogP contribution in [0.3, 0.4) is 0 Å². The van der Waals surface area contributed by atoms with E-state index in [1.165, 1.54) is 6.07 Å². The average molecular weight is 525 g/mol. The second-order valence-electron chi connectivity index (χ2n) is 8.17. The van der Waals surface area contributed by atoms with Gasteiger partial charge in [0.15, 0.2) is 5.76 Å². The van der Waals surface area contributed by atoms with Crippen molar-refractivity contribution in [1.29, 1.82) is 5.26 Å². The maximum Gasteiger partial charge on any atom is 1.00 e. The molecule has 5 rings (SSSR count). The molecule has 0 saturated carbocycles. The normalized spacial score (nSPS) is 13.0. The molecule has 0 N–H and O–H groups in total. The van der Waals surface area contributed by atoms with Gasteiger partial charge >= 0.3 is 29.6 Å². The predicted molar refractivity (Wildman–Crippen MR) is 131 cm³/mol. The van der Waals surface area contributed by atoms with Crippen LogP contribution < -0.4 is 44.3 Å². The molecule has 1 fully saturated rings. The Morgan fingerprint density at radius 1 is 1.19 bits per heavy atom. The number of carboxylic acids is 1. The van der Waals surface area contributed by atoms with E-state index in [0.717, 1.165) is 35.7 Å². The van der Waals surface area contributed by atoms with Crippen molar-refractivity contribution in [2.75, 3.05) is 31.2 Å². The van der Waals surface area contributed by atoms with E-state index in [1.807, 2.05) is 24.3 Å². The van der Waals surface area contributed by atoms with E-state index in [4.69, 9.17) is 14.0 Å². The van der Waals surface area contributed by atoms with Gasteiger partial charge in [0, 0.05) is 40.8 Å². The first kappa shape index (κ1) is 26.9. The molecule has 3 aromatic heterocycles. The van der Waals surface area contributed by atoms with Gasteiger partial charge in [-0.2, -0.15) is 5.26 Å². The number of aromatic nitrogens is 2. The number of carbonyl (C=O) groups excluding carboxylic acids is 1. The second kappa shape index (κ2) is 11.9. The Morgan fingerprint density at radius 2 is 1.95 bits per heavy atom. The number of carbonyl (C=O) groups is 1. The molecular formula is C26H21N4NaO5S. The number of hydrogen-bond acceptors (Lipinski definition) is 10. The summed E-state index contributed by atoms with van der Waals surface area (Å²) in [6, 6.07) is 16.8. The molecule has 9 nitrogen and oxygen atoms in total. The summed E-state index contributed by atoms with van der Waals surface area (Å²) in [5.74, 6) is -0.690. The fourth-order valence-electron chi connectivity index (χ4n) is 3.94. The predicted octanol–water partition coefficient (Wildman–Crippen LogP) is 0.428. The van der Waals surface area contributed by atoms with E-state index in [-0.39, 0.29) is 52.5 Å². The zero-order valence-corrected chi connectivity index (χ0v) is 23.2. The number of aryl methyl sites for hydroxylation is 1. The number of morpholine rings is 1. The number of ether oxygens (including phenoxy) is 2. The van der Waals surface area contributed by atoms with Crippen LogP contribution in [0.1, 0.15) is 25.8 Å². The molecule has 0 aliphatic carbocycles. The van der Waals surface area contributed by atoms with Crippen LogP contribution in [-0.2, 0) is 11.3 Å². The van der Waals surface area contributed by atoms with Gasteiger partial charge in [-0.25, -0.2) is 4.98 Å². The molecule has 4 aromatic rings. The number of aromatic carboxylic acids is 1. The summed E-state index contributed by atoms with van der Waals surface area (Å²) in [5, 5.41) is 25.0. The van der Waals surface area contributed by atoms with Gasteiger partial charge < -0.3 is 28.8 Å². The molecule has 0 unspecified atom stereocenters. The Labute approximate surface area is 239 Å².